The minimum atomic E-state index is -0.232. The van der Waals surface area contributed by atoms with Crippen molar-refractivity contribution in [2.45, 2.75) is 64.5 Å². The lowest BCUT2D eigenvalue weighted by atomic mass is 9.96. The first kappa shape index (κ1) is 21.7. The van der Waals surface area contributed by atoms with E-state index in [1.54, 1.807) is 0 Å². The second-order valence-electron chi connectivity index (χ2n) is 8.43. The Bertz CT molecular complexity index is 989. The van der Waals surface area contributed by atoms with Crippen LogP contribution in [-0.4, -0.2) is 52.0 Å². The fourth-order valence-corrected chi connectivity index (χ4v) is 5.33. The molecule has 4 rings (SSSR count). The third-order valence-corrected chi connectivity index (χ3v) is 7.19. The molecule has 1 aliphatic carbocycles. The summed E-state index contributed by atoms with van der Waals surface area (Å²) in [4.78, 5) is 48.3. The maximum Gasteiger partial charge on any atom is 0.273 e. The maximum atomic E-state index is 12.9. The summed E-state index contributed by atoms with van der Waals surface area (Å²) < 4.78 is 1.83. The number of piperidine rings is 1. The molecule has 10 heteroatoms. The van der Waals surface area contributed by atoms with Gasteiger partial charge in [-0.25, -0.2) is 4.98 Å². The number of rotatable bonds is 7. The van der Waals surface area contributed by atoms with E-state index in [0.29, 0.717) is 16.9 Å². The zero-order chi connectivity index (χ0) is 21.8. The Hall–Kier alpha value is -2.49. The molecule has 0 radical (unpaired) electrons. The van der Waals surface area contributed by atoms with E-state index in [9.17, 15) is 14.4 Å². The van der Waals surface area contributed by atoms with Gasteiger partial charge in [0.15, 0.2) is 10.8 Å². The first-order valence-electron chi connectivity index (χ1n) is 11.2. The number of hydrogen-bond acceptors (Lipinski definition) is 7. The van der Waals surface area contributed by atoms with Crippen LogP contribution in [0.5, 0.6) is 0 Å². The molecule has 2 aromatic heterocycles. The molecule has 31 heavy (non-hydrogen) atoms. The topological polar surface area (TPSA) is 109 Å². The standard InChI is InChI=1S/C21H30N6O3S/c1-2-9-22-19(29)14-7-10-26(11-8-14)21-25-18-17(31-21)20(30)27(13-23-18)12-16(28)24-15-5-3-4-6-15/h13-15H,2-12H2,1H3,(H,22,29)(H,24,28). The normalized spacial score (nSPS) is 17.9. The average Bonchev–Trinajstić information content (AvgIpc) is 3.44. The smallest absolute Gasteiger partial charge is 0.273 e. The van der Waals surface area contributed by atoms with Crippen molar-refractivity contribution in [1.29, 1.82) is 0 Å². The predicted molar refractivity (Wildman–Crippen MR) is 120 cm³/mol. The third kappa shape index (κ3) is 5.06. The molecule has 0 bridgehead atoms. The van der Waals surface area contributed by atoms with Gasteiger partial charge in [0, 0.05) is 31.6 Å². The molecular formula is C21H30N6O3S. The summed E-state index contributed by atoms with van der Waals surface area (Å²) in [5.41, 5.74) is 0.185. The number of thiazole rings is 1. The molecule has 0 spiro atoms. The molecule has 0 atom stereocenters. The van der Waals surface area contributed by atoms with Gasteiger partial charge < -0.3 is 15.5 Å². The van der Waals surface area contributed by atoms with Gasteiger partial charge in [0.2, 0.25) is 11.8 Å². The second kappa shape index (κ2) is 9.76. The van der Waals surface area contributed by atoms with Gasteiger partial charge in [0.1, 0.15) is 17.6 Å². The summed E-state index contributed by atoms with van der Waals surface area (Å²) >= 11 is 1.31. The Morgan fingerprint density at radius 3 is 2.65 bits per heavy atom. The fourth-order valence-electron chi connectivity index (χ4n) is 4.31. The van der Waals surface area contributed by atoms with Gasteiger partial charge in [0.25, 0.3) is 5.56 Å². The molecule has 3 heterocycles. The zero-order valence-electron chi connectivity index (χ0n) is 17.9. The van der Waals surface area contributed by atoms with Crippen LogP contribution in [0.3, 0.4) is 0 Å². The van der Waals surface area contributed by atoms with E-state index in [0.717, 1.165) is 63.2 Å². The van der Waals surface area contributed by atoms with E-state index in [1.165, 1.54) is 22.2 Å². The molecule has 1 aliphatic heterocycles. The highest BCUT2D eigenvalue weighted by Gasteiger charge is 2.27. The molecule has 2 aromatic rings. The molecule has 1 saturated heterocycles. The number of fused-ring (bicyclic) bond motifs is 1. The lowest BCUT2D eigenvalue weighted by molar-refractivity contribution is -0.125. The molecule has 2 aliphatic rings. The van der Waals surface area contributed by atoms with Crippen LogP contribution in [0, 0.1) is 5.92 Å². The van der Waals surface area contributed by atoms with Crippen molar-refractivity contribution >= 4 is 38.6 Å². The van der Waals surface area contributed by atoms with Gasteiger partial charge in [-0.15, -0.1) is 0 Å². The van der Waals surface area contributed by atoms with Crippen LogP contribution < -0.4 is 21.1 Å². The van der Waals surface area contributed by atoms with Crippen LogP contribution in [-0.2, 0) is 16.1 Å². The van der Waals surface area contributed by atoms with Gasteiger partial charge in [-0.1, -0.05) is 31.1 Å². The Balaban J connectivity index is 1.40. The highest BCUT2D eigenvalue weighted by Crippen LogP contribution is 2.29. The largest absolute Gasteiger partial charge is 0.356 e. The minimum Gasteiger partial charge on any atom is -0.356 e. The third-order valence-electron chi connectivity index (χ3n) is 6.09. The van der Waals surface area contributed by atoms with E-state index in [-0.39, 0.29) is 35.9 Å². The number of carbonyl (C=O) groups is 2. The fraction of sp³-hybridized carbons (Fsp3) is 0.667. The van der Waals surface area contributed by atoms with Crippen LogP contribution in [0.1, 0.15) is 51.9 Å². The van der Waals surface area contributed by atoms with Crippen molar-refractivity contribution < 1.29 is 9.59 Å². The Morgan fingerprint density at radius 2 is 1.94 bits per heavy atom. The van der Waals surface area contributed by atoms with Crippen molar-refractivity contribution in [2.24, 2.45) is 5.92 Å². The Kier molecular flexibility index (Phi) is 6.84. The maximum absolute atomic E-state index is 12.9. The predicted octanol–water partition coefficient (Wildman–Crippen LogP) is 1.65. The highest BCUT2D eigenvalue weighted by atomic mass is 32.1. The molecule has 2 fully saturated rings. The van der Waals surface area contributed by atoms with Crippen molar-refractivity contribution in [2.75, 3.05) is 24.5 Å². The number of aromatic nitrogens is 3. The SMILES string of the molecule is CCCNC(=O)C1CCN(c2nc3ncn(CC(=O)NC4CCCC4)c(=O)c3s2)CC1. The molecule has 0 unspecified atom stereocenters. The van der Waals surface area contributed by atoms with Crippen LogP contribution in [0.15, 0.2) is 11.1 Å². The van der Waals surface area contributed by atoms with Crippen molar-refractivity contribution in [1.82, 2.24) is 25.2 Å². The van der Waals surface area contributed by atoms with E-state index >= 15 is 0 Å². The van der Waals surface area contributed by atoms with Gasteiger partial charge >= 0.3 is 0 Å². The second-order valence-corrected chi connectivity index (χ2v) is 9.41. The number of anilines is 1. The molecule has 1 saturated carbocycles. The van der Waals surface area contributed by atoms with E-state index in [2.05, 4.69) is 25.5 Å². The molecular weight excluding hydrogens is 416 g/mol. The summed E-state index contributed by atoms with van der Waals surface area (Å²) in [5.74, 6) is 0.0143. The first-order valence-corrected chi connectivity index (χ1v) is 12.0. The number of hydrogen-bond donors (Lipinski definition) is 2. The molecule has 2 amide bonds. The van der Waals surface area contributed by atoms with Gasteiger partial charge in [-0.3, -0.25) is 19.0 Å². The van der Waals surface area contributed by atoms with Gasteiger partial charge in [-0.2, -0.15) is 4.98 Å². The number of nitrogens with zero attached hydrogens (tertiary/aromatic N) is 4. The van der Waals surface area contributed by atoms with Crippen LogP contribution >= 0.6 is 11.3 Å². The summed E-state index contributed by atoms with van der Waals surface area (Å²) in [6.07, 6.45) is 8.18. The van der Waals surface area contributed by atoms with Crippen LogP contribution in [0.25, 0.3) is 10.3 Å². The first-order chi connectivity index (χ1) is 15.0. The lowest BCUT2D eigenvalue weighted by Gasteiger charge is -2.30. The summed E-state index contributed by atoms with van der Waals surface area (Å²) in [5, 5.41) is 6.73. The summed E-state index contributed by atoms with van der Waals surface area (Å²) in [6, 6.07) is 0.224. The quantitative estimate of drug-likeness (QED) is 0.669. The molecule has 9 nitrogen and oxygen atoms in total. The molecule has 2 N–H and O–H groups in total. The van der Waals surface area contributed by atoms with Crippen molar-refractivity contribution in [3.8, 4) is 0 Å². The van der Waals surface area contributed by atoms with E-state index in [4.69, 9.17) is 0 Å². The number of amides is 2. The lowest BCUT2D eigenvalue weighted by Crippen LogP contribution is -2.40. The van der Waals surface area contributed by atoms with Crippen LogP contribution in [0.2, 0.25) is 0 Å². The van der Waals surface area contributed by atoms with Gasteiger partial charge in [0.05, 0.1) is 0 Å². The van der Waals surface area contributed by atoms with Crippen molar-refractivity contribution in [3.63, 3.8) is 0 Å². The van der Waals surface area contributed by atoms with Gasteiger partial charge in [-0.05, 0) is 32.1 Å². The van der Waals surface area contributed by atoms with E-state index < -0.39 is 0 Å². The number of nitrogens with one attached hydrogen (secondary N) is 2. The Labute approximate surface area is 185 Å². The van der Waals surface area contributed by atoms with E-state index in [1.807, 2.05) is 6.92 Å². The van der Waals surface area contributed by atoms with Crippen molar-refractivity contribution in [3.05, 3.63) is 16.7 Å². The minimum absolute atomic E-state index is 0.0240. The monoisotopic (exact) mass is 446 g/mol. The summed E-state index contributed by atoms with van der Waals surface area (Å²) in [6.45, 7) is 4.18. The Morgan fingerprint density at radius 1 is 1.19 bits per heavy atom. The molecule has 168 valence electrons. The summed E-state index contributed by atoms with van der Waals surface area (Å²) in [7, 11) is 0. The average molecular weight is 447 g/mol. The number of carbonyl (C=O) groups excluding carboxylic acids is 2. The zero-order valence-corrected chi connectivity index (χ0v) is 18.7. The molecule has 0 aromatic carbocycles. The highest BCUT2D eigenvalue weighted by molar-refractivity contribution is 7.22. The van der Waals surface area contributed by atoms with Crippen LogP contribution in [0.4, 0.5) is 5.13 Å².